The first-order valence-corrected chi connectivity index (χ1v) is 7.91. The van der Waals surface area contributed by atoms with Crippen LogP contribution in [0.5, 0.6) is 0 Å². The van der Waals surface area contributed by atoms with E-state index in [1.165, 1.54) is 0 Å². The Bertz CT molecular complexity index is 537. The molecule has 0 aliphatic heterocycles. The van der Waals surface area contributed by atoms with Crippen LogP contribution in [-0.2, 0) is 17.1 Å². The minimum absolute atomic E-state index is 0.0439. The smallest absolute Gasteiger partial charge is 0.251 e. The van der Waals surface area contributed by atoms with Crippen molar-refractivity contribution in [3.05, 3.63) is 59.5 Å². The van der Waals surface area contributed by atoms with Crippen molar-refractivity contribution in [2.24, 2.45) is 0 Å². The molecule has 1 heterocycles. The second-order valence-corrected chi connectivity index (χ2v) is 5.62. The number of ether oxygens (including phenoxy) is 1. The Morgan fingerprint density at radius 3 is 2.76 bits per heavy atom. The van der Waals surface area contributed by atoms with Gasteiger partial charge in [0.15, 0.2) is 0 Å². The van der Waals surface area contributed by atoms with Gasteiger partial charge in [-0.05, 0) is 29.8 Å². The van der Waals surface area contributed by atoms with Crippen LogP contribution in [0.2, 0.25) is 0 Å². The minimum atomic E-state index is -0.0439. The zero-order chi connectivity index (χ0) is 14.9. The quantitative estimate of drug-likeness (QED) is 0.762. The molecule has 0 fully saturated rings. The Morgan fingerprint density at radius 2 is 2.10 bits per heavy atom. The van der Waals surface area contributed by atoms with Crippen LogP contribution in [0.4, 0.5) is 0 Å². The molecule has 0 radical (unpaired) electrons. The van der Waals surface area contributed by atoms with E-state index in [1.54, 1.807) is 25.1 Å². The molecule has 2 rings (SSSR count). The van der Waals surface area contributed by atoms with Crippen LogP contribution >= 0.6 is 11.8 Å². The van der Waals surface area contributed by atoms with Crippen LogP contribution < -0.4 is 5.32 Å². The summed E-state index contributed by atoms with van der Waals surface area (Å²) >= 11 is 1.73. The van der Waals surface area contributed by atoms with Gasteiger partial charge in [-0.3, -0.25) is 4.79 Å². The van der Waals surface area contributed by atoms with Gasteiger partial charge >= 0.3 is 0 Å². The van der Waals surface area contributed by atoms with Gasteiger partial charge in [0.05, 0.1) is 18.6 Å². The normalized spacial score (nSPS) is 10.5. The van der Waals surface area contributed by atoms with Crippen molar-refractivity contribution in [1.82, 2.24) is 5.32 Å². The lowest BCUT2D eigenvalue weighted by Crippen LogP contribution is -2.25. The van der Waals surface area contributed by atoms with Crippen LogP contribution in [0.3, 0.4) is 0 Å². The summed E-state index contributed by atoms with van der Waals surface area (Å²) in [5.41, 5.74) is 1.73. The summed E-state index contributed by atoms with van der Waals surface area (Å²) < 4.78 is 10.3. The Morgan fingerprint density at radius 1 is 1.29 bits per heavy atom. The lowest BCUT2D eigenvalue weighted by Gasteiger charge is -2.06. The van der Waals surface area contributed by atoms with E-state index in [0.29, 0.717) is 18.7 Å². The molecule has 1 aromatic heterocycles. The topological polar surface area (TPSA) is 51.5 Å². The first-order valence-electron chi connectivity index (χ1n) is 6.76. The summed E-state index contributed by atoms with van der Waals surface area (Å²) in [5.74, 6) is 2.60. The molecule has 0 bridgehead atoms. The number of furan rings is 1. The van der Waals surface area contributed by atoms with E-state index in [1.807, 2.05) is 36.4 Å². The monoisotopic (exact) mass is 305 g/mol. The van der Waals surface area contributed by atoms with Crippen molar-refractivity contribution in [1.29, 1.82) is 0 Å². The molecule has 0 unspecified atom stereocenters. The summed E-state index contributed by atoms with van der Waals surface area (Å²) in [5, 5.41) is 2.91. The Kier molecular flexibility index (Phi) is 6.37. The summed E-state index contributed by atoms with van der Waals surface area (Å²) in [7, 11) is 1.65. The van der Waals surface area contributed by atoms with Crippen molar-refractivity contribution in [2.75, 3.05) is 19.4 Å². The molecule has 21 heavy (non-hydrogen) atoms. The third-order valence-electron chi connectivity index (χ3n) is 2.88. The lowest BCUT2D eigenvalue weighted by molar-refractivity contribution is 0.0956. The Hall–Kier alpha value is -1.72. The number of methoxy groups -OCH3 is 1. The lowest BCUT2D eigenvalue weighted by atomic mass is 10.1. The van der Waals surface area contributed by atoms with Gasteiger partial charge in [-0.25, -0.2) is 0 Å². The number of hydrogen-bond acceptors (Lipinski definition) is 4. The Balaban J connectivity index is 1.66. The van der Waals surface area contributed by atoms with Gasteiger partial charge in [-0.2, -0.15) is 11.8 Å². The highest BCUT2D eigenvalue weighted by Gasteiger charge is 2.04. The molecular weight excluding hydrogens is 286 g/mol. The largest absolute Gasteiger partial charge is 0.468 e. The molecule has 0 spiro atoms. The number of benzene rings is 1. The van der Waals surface area contributed by atoms with Gasteiger partial charge in [0.1, 0.15) is 5.76 Å². The minimum Gasteiger partial charge on any atom is -0.468 e. The molecule has 0 aliphatic rings. The third kappa shape index (κ3) is 5.28. The second kappa shape index (κ2) is 8.54. The number of hydrogen-bond donors (Lipinski definition) is 1. The number of carbonyl (C=O) groups excluding carboxylic acids is 1. The van der Waals surface area contributed by atoms with E-state index in [-0.39, 0.29) is 5.91 Å². The van der Waals surface area contributed by atoms with Gasteiger partial charge in [0.25, 0.3) is 5.91 Å². The molecule has 5 heteroatoms. The molecule has 112 valence electrons. The van der Waals surface area contributed by atoms with E-state index in [4.69, 9.17) is 9.15 Å². The van der Waals surface area contributed by atoms with Crippen molar-refractivity contribution in [3.8, 4) is 0 Å². The highest BCUT2D eigenvalue weighted by molar-refractivity contribution is 7.98. The molecule has 0 saturated heterocycles. The maximum atomic E-state index is 11.9. The average molecular weight is 305 g/mol. The highest BCUT2D eigenvalue weighted by Crippen LogP contribution is 2.11. The van der Waals surface area contributed by atoms with Crippen LogP contribution in [0, 0.1) is 0 Å². The summed E-state index contributed by atoms with van der Waals surface area (Å²) in [4.78, 5) is 11.9. The van der Waals surface area contributed by atoms with Crippen molar-refractivity contribution >= 4 is 17.7 Å². The first kappa shape index (κ1) is 15.7. The summed E-state index contributed by atoms with van der Waals surface area (Å²) in [6, 6.07) is 11.3. The molecule has 0 atom stereocenters. The van der Waals surface area contributed by atoms with Crippen LogP contribution in [0.15, 0.2) is 47.1 Å². The summed E-state index contributed by atoms with van der Waals surface area (Å²) in [6.07, 6.45) is 1.67. The van der Waals surface area contributed by atoms with Gasteiger partial charge in [-0.1, -0.05) is 12.1 Å². The summed E-state index contributed by atoms with van der Waals surface area (Å²) in [6.45, 7) is 1.20. The van der Waals surface area contributed by atoms with E-state index in [2.05, 4.69) is 5.32 Å². The molecule has 1 amide bonds. The fraction of sp³-hybridized carbons (Fsp3) is 0.312. The first-order chi connectivity index (χ1) is 10.3. The molecule has 2 aromatic rings. The van der Waals surface area contributed by atoms with Crippen molar-refractivity contribution in [2.45, 2.75) is 12.4 Å². The van der Waals surface area contributed by atoms with Gasteiger partial charge in [-0.15, -0.1) is 0 Å². The zero-order valence-electron chi connectivity index (χ0n) is 12.0. The van der Waals surface area contributed by atoms with E-state index in [9.17, 15) is 4.79 Å². The van der Waals surface area contributed by atoms with E-state index in [0.717, 1.165) is 22.8 Å². The number of nitrogens with one attached hydrogen (secondary N) is 1. The van der Waals surface area contributed by atoms with Crippen LogP contribution in [0.1, 0.15) is 21.7 Å². The molecule has 1 aromatic carbocycles. The molecular formula is C16H19NO3S. The van der Waals surface area contributed by atoms with Gasteiger partial charge in [0, 0.05) is 25.0 Å². The Labute approximate surface area is 128 Å². The van der Waals surface area contributed by atoms with E-state index >= 15 is 0 Å². The fourth-order valence-corrected chi connectivity index (χ4v) is 2.58. The SMILES string of the molecule is COCc1ccc(C(=O)NCCSCc2ccco2)cc1. The van der Waals surface area contributed by atoms with E-state index < -0.39 is 0 Å². The third-order valence-corrected chi connectivity index (χ3v) is 3.86. The van der Waals surface area contributed by atoms with Gasteiger partial charge in [0.2, 0.25) is 0 Å². The maximum Gasteiger partial charge on any atom is 0.251 e. The highest BCUT2D eigenvalue weighted by atomic mass is 32.2. The van der Waals surface area contributed by atoms with Crippen LogP contribution in [0.25, 0.3) is 0 Å². The number of thioether (sulfide) groups is 1. The van der Waals surface area contributed by atoms with Gasteiger partial charge < -0.3 is 14.5 Å². The number of rotatable bonds is 8. The average Bonchev–Trinajstić information content (AvgIpc) is 3.01. The maximum absolute atomic E-state index is 11.9. The zero-order valence-corrected chi connectivity index (χ0v) is 12.8. The van der Waals surface area contributed by atoms with Crippen LogP contribution in [-0.4, -0.2) is 25.3 Å². The molecule has 1 N–H and O–H groups in total. The standard InChI is InChI=1S/C16H19NO3S/c1-19-11-13-4-6-14(7-5-13)16(18)17-8-10-21-12-15-3-2-9-20-15/h2-7,9H,8,10-12H2,1H3,(H,17,18). The predicted molar refractivity (Wildman–Crippen MR) is 84.4 cm³/mol. The molecule has 4 nitrogen and oxygen atoms in total. The number of amides is 1. The molecule has 0 saturated carbocycles. The fourth-order valence-electron chi connectivity index (χ4n) is 1.83. The van der Waals surface area contributed by atoms with Crippen molar-refractivity contribution < 1.29 is 13.9 Å². The van der Waals surface area contributed by atoms with Crippen molar-refractivity contribution in [3.63, 3.8) is 0 Å². The second-order valence-electron chi connectivity index (χ2n) is 4.52. The predicted octanol–water partition coefficient (Wildman–Crippen LogP) is 3.09. The molecule has 0 aliphatic carbocycles. The number of carbonyl (C=O) groups is 1.